The zero-order valence-corrected chi connectivity index (χ0v) is 17.5. The van der Waals surface area contributed by atoms with E-state index in [0.717, 1.165) is 30.7 Å². The first kappa shape index (κ1) is 20.6. The number of carbonyl (C=O) groups excluding carboxylic acids is 2. The Morgan fingerprint density at radius 1 is 1.19 bits per heavy atom. The summed E-state index contributed by atoms with van der Waals surface area (Å²) < 4.78 is 10.6. The minimum absolute atomic E-state index is 0.0380. The van der Waals surface area contributed by atoms with Crippen LogP contribution in [-0.4, -0.2) is 42.0 Å². The number of methoxy groups -OCH3 is 1. The van der Waals surface area contributed by atoms with Crippen molar-refractivity contribution in [3.05, 3.63) is 54.1 Å². The fourth-order valence-electron chi connectivity index (χ4n) is 3.63. The maximum absolute atomic E-state index is 12.8. The van der Waals surface area contributed by atoms with Crippen LogP contribution in [0.4, 0.5) is 11.7 Å². The maximum atomic E-state index is 12.8. The van der Waals surface area contributed by atoms with Crippen molar-refractivity contribution < 1.29 is 18.8 Å². The Bertz CT molecular complexity index is 1080. The van der Waals surface area contributed by atoms with Gasteiger partial charge in [-0.2, -0.15) is 4.98 Å². The summed E-state index contributed by atoms with van der Waals surface area (Å²) in [5.74, 6) is 0.909. The van der Waals surface area contributed by atoms with E-state index in [0.29, 0.717) is 29.6 Å². The smallest absolute Gasteiger partial charge is 0.324 e. The number of ether oxygens (including phenoxy) is 1. The number of carbonyl (C=O) groups is 2. The van der Waals surface area contributed by atoms with Crippen molar-refractivity contribution in [2.75, 3.05) is 30.4 Å². The number of anilines is 2. The normalized spacial score (nSPS) is 16.1. The maximum Gasteiger partial charge on any atom is 0.324 e. The molecule has 1 aliphatic heterocycles. The number of amides is 1. The SMILES string of the molecule is COc1ccc(-c2noc(N3CCC[C@@H](C(=O)Nc4cccc(C(C)=O)c4)C3)n2)cc1. The predicted molar refractivity (Wildman–Crippen MR) is 116 cm³/mol. The predicted octanol–water partition coefficient (Wildman–Crippen LogP) is 3.80. The molecule has 1 fully saturated rings. The van der Waals surface area contributed by atoms with Gasteiger partial charge in [-0.05, 0) is 56.2 Å². The van der Waals surface area contributed by atoms with Gasteiger partial charge in [-0.15, -0.1) is 0 Å². The zero-order chi connectivity index (χ0) is 21.8. The van der Waals surface area contributed by atoms with Gasteiger partial charge in [-0.25, -0.2) is 0 Å². The molecule has 2 aromatic carbocycles. The number of hydrogen-bond donors (Lipinski definition) is 1. The number of piperidine rings is 1. The van der Waals surface area contributed by atoms with Crippen LogP contribution in [0.15, 0.2) is 53.1 Å². The molecule has 1 aliphatic rings. The van der Waals surface area contributed by atoms with E-state index in [2.05, 4.69) is 15.5 Å². The number of ketones is 1. The second-order valence-electron chi connectivity index (χ2n) is 7.54. The summed E-state index contributed by atoms with van der Waals surface area (Å²) in [4.78, 5) is 30.8. The van der Waals surface area contributed by atoms with Gasteiger partial charge in [0.05, 0.1) is 13.0 Å². The van der Waals surface area contributed by atoms with E-state index in [4.69, 9.17) is 9.26 Å². The lowest BCUT2D eigenvalue weighted by molar-refractivity contribution is -0.120. The Hall–Kier alpha value is -3.68. The minimum Gasteiger partial charge on any atom is -0.497 e. The molecule has 0 spiro atoms. The van der Waals surface area contributed by atoms with Gasteiger partial charge in [-0.3, -0.25) is 9.59 Å². The monoisotopic (exact) mass is 420 g/mol. The lowest BCUT2D eigenvalue weighted by Crippen LogP contribution is -2.41. The lowest BCUT2D eigenvalue weighted by Gasteiger charge is -2.30. The Balaban J connectivity index is 1.42. The van der Waals surface area contributed by atoms with Crippen LogP contribution in [0.1, 0.15) is 30.1 Å². The Morgan fingerprint density at radius 3 is 2.74 bits per heavy atom. The minimum atomic E-state index is -0.217. The van der Waals surface area contributed by atoms with Crippen molar-refractivity contribution in [3.8, 4) is 17.1 Å². The Morgan fingerprint density at radius 2 is 2.00 bits per heavy atom. The zero-order valence-electron chi connectivity index (χ0n) is 17.5. The Labute approximate surface area is 180 Å². The average molecular weight is 420 g/mol. The largest absolute Gasteiger partial charge is 0.497 e. The molecule has 1 aromatic heterocycles. The van der Waals surface area contributed by atoms with Crippen molar-refractivity contribution in [3.63, 3.8) is 0 Å². The van der Waals surface area contributed by atoms with Crippen molar-refractivity contribution in [1.29, 1.82) is 0 Å². The molecule has 0 saturated carbocycles. The van der Waals surface area contributed by atoms with E-state index < -0.39 is 0 Å². The number of nitrogens with one attached hydrogen (secondary N) is 1. The highest BCUT2D eigenvalue weighted by Gasteiger charge is 2.29. The molecule has 4 rings (SSSR count). The standard InChI is InChI=1S/C23H24N4O4/c1-15(28)17-5-3-7-19(13-17)24-22(29)18-6-4-12-27(14-18)23-25-21(26-31-23)16-8-10-20(30-2)11-9-16/h3,5,7-11,13,18H,4,6,12,14H2,1-2H3,(H,24,29)/t18-/m1/s1. The van der Waals surface area contributed by atoms with Gasteiger partial charge >= 0.3 is 6.01 Å². The topological polar surface area (TPSA) is 97.6 Å². The highest BCUT2D eigenvalue weighted by Crippen LogP contribution is 2.26. The van der Waals surface area contributed by atoms with Gasteiger partial charge < -0.3 is 19.5 Å². The first-order valence-electron chi connectivity index (χ1n) is 10.2. The number of aromatic nitrogens is 2. The summed E-state index contributed by atoms with van der Waals surface area (Å²) in [7, 11) is 1.62. The molecule has 1 atom stereocenters. The van der Waals surface area contributed by atoms with E-state index in [1.807, 2.05) is 29.2 Å². The highest BCUT2D eigenvalue weighted by molar-refractivity contribution is 5.97. The quantitative estimate of drug-likeness (QED) is 0.606. The third-order valence-electron chi connectivity index (χ3n) is 5.36. The van der Waals surface area contributed by atoms with Crippen molar-refractivity contribution in [1.82, 2.24) is 10.1 Å². The molecule has 31 heavy (non-hydrogen) atoms. The molecular formula is C23H24N4O4. The third kappa shape index (κ3) is 4.74. The number of rotatable bonds is 6. The highest BCUT2D eigenvalue weighted by atomic mass is 16.5. The molecule has 160 valence electrons. The van der Waals surface area contributed by atoms with Crippen molar-refractivity contribution in [2.45, 2.75) is 19.8 Å². The summed E-state index contributed by atoms with van der Waals surface area (Å²) in [5.41, 5.74) is 2.02. The van der Waals surface area contributed by atoms with E-state index in [9.17, 15) is 9.59 Å². The first-order chi connectivity index (χ1) is 15.0. The molecule has 8 nitrogen and oxygen atoms in total. The van der Waals surface area contributed by atoms with E-state index in [1.54, 1.807) is 31.4 Å². The number of Topliss-reactive ketones (excluding diaryl/α,β-unsaturated/α-hetero) is 1. The van der Waals surface area contributed by atoms with Crippen LogP contribution in [0.25, 0.3) is 11.4 Å². The second kappa shape index (κ2) is 8.99. The van der Waals surface area contributed by atoms with Gasteiger partial charge in [0.2, 0.25) is 11.7 Å². The van der Waals surface area contributed by atoms with Crippen LogP contribution in [0, 0.1) is 5.92 Å². The third-order valence-corrected chi connectivity index (χ3v) is 5.36. The molecule has 1 N–H and O–H groups in total. The van der Waals surface area contributed by atoms with E-state index >= 15 is 0 Å². The fourth-order valence-corrected chi connectivity index (χ4v) is 3.63. The summed E-state index contributed by atoms with van der Waals surface area (Å²) in [6, 6.07) is 14.8. The summed E-state index contributed by atoms with van der Waals surface area (Å²) in [6.45, 7) is 2.74. The van der Waals surface area contributed by atoms with Gasteiger partial charge in [-0.1, -0.05) is 17.3 Å². The summed E-state index contributed by atoms with van der Waals surface area (Å²) in [5, 5.41) is 7.00. The summed E-state index contributed by atoms with van der Waals surface area (Å²) in [6.07, 6.45) is 1.61. The van der Waals surface area contributed by atoms with E-state index in [1.165, 1.54) is 6.92 Å². The van der Waals surface area contributed by atoms with Gasteiger partial charge in [0, 0.05) is 29.9 Å². The molecule has 2 heterocycles. The van der Waals surface area contributed by atoms with Crippen LogP contribution in [-0.2, 0) is 4.79 Å². The molecule has 8 heteroatoms. The van der Waals surface area contributed by atoms with Gasteiger partial charge in [0.15, 0.2) is 5.78 Å². The number of benzene rings is 2. The molecule has 1 saturated heterocycles. The molecule has 0 unspecified atom stereocenters. The molecular weight excluding hydrogens is 396 g/mol. The molecule has 0 aliphatic carbocycles. The molecule has 0 radical (unpaired) electrons. The van der Waals surface area contributed by atoms with Crippen molar-refractivity contribution >= 4 is 23.4 Å². The van der Waals surface area contributed by atoms with Crippen LogP contribution >= 0.6 is 0 Å². The Kier molecular flexibility index (Phi) is 5.97. The van der Waals surface area contributed by atoms with Crippen LogP contribution in [0.3, 0.4) is 0 Å². The average Bonchev–Trinajstić information content (AvgIpc) is 3.30. The fraction of sp³-hybridized carbons (Fsp3) is 0.304. The van der Waals surface area contributed by atoms with Crippen LogP contribution in [0.5, 0.6) is 5.75 Å². The number of hydrogen-bond acceptors (Lipinski definition) is 7. The first-order valence-corrected chi connectivity index (χ1v) is 10.2. The lowest BCUT2D eigenvalue weighted by atomic mass is 9.97. The van der Waals surface area contributed by atoms with Gasteiger partial charge in [0.1, 0.15) is 5.75 Å². The van der Waals surface area contributed by atoms with E-state index in [-0.39, 0.29) is 17.6 Å². The molecule has 3 aromatic rings. The second-order valence-corrected chi connectivity index (χ2v) is 7.54. The molecule has 1 amide bonds. The van der Waals surface area contributed by atoms with Gasteiger partial charge in [0.25, 0.3) is 0 Å². The van der Waals surface area contributed by atoms with Crippen LogP contribution < -0.4 is 15.0 Å². The van der Waals surface area contributed by atoms with Crippen molar-refractivity contribution in [2.24, 2.45) is 5.92 Å². The van der Waals surface area contributed by atoms with Crippen LogP contribution in [0.2, 0.25) is 0 Å². The molecule has 0 bridgehead atoms. The summed E-state index contributed by atoms with van der Waals surface area (Å²) >= 11 is 0. The number of nitrogens with zero attached hydrogens (tertiary/aromatic N) is 3.